The maximum absolute atomic E-state index is 10.2. The Balaban J connectivity index is -0.000000337. The van der Waals surface area contributed by atoms with Crippen molar-refractivity contribution in [2.45, 2.75) is 12.3 Å². The Bertz CT molecular complexity index is 669. The van der Waals surface area contributed by atoms with Crippen LogP contribution in [0.3, 0.4) is 0 Å². The van der Waals surface area contributed by atoms with Crippen molar-refractivity contribution in [2.24, 2.45) is 0 Å². The minimum atomic E-state index is -3.65. The quantitative estimate of drug-likeness (QED) is 0.178. The van der Waals surface area contributed by atoms with Crippen molar-refractivity contribution in [3.63, 3.8) is 0 Å². The topological polar surface area (TPSA) is 187 Å². The zero-order valence-electron chi connectivity index (χ0n) is 14.3. The third-order valence-electron chi connectivity index (χ3n) is 2.55. The van der Waals surface area contributed by atoms with Crippen LogP contribution < -0.4 is 42.2 Å². The van der Waals surface area contributed by atoms with Crippen molar-refractivity contribution in [3.05, 3.63) is 79.9 Å². The van der Waals surface area contributed by atoms with E-state index in [0.717, 1.165) is 16.5 Å². The molecule has 144 valence electrons. The molecule has 0 aliphatic rings. The van der Waals surface area contributed by atoms with Gasteiger partial charge in [0.25, 0.3) is 11.4 Å². The maximum Gasteiger partial charge on any atom is 1.00 e. The van der Waals surface area contributed by atoms with Crippen LogP contribution in [0.15, 0.2) is 48.5 Å². The Labute approximate surface area is 190 Å². The molecule has 27 heavy (non-hydrogen) atoms. The number of rotatable bonds is 3. The van der Waals surface area contributed by atoms with Crippen LogP contribution >= 0.6 is 15.9 Å². The molecule has 0 saturated heterocycles. The Morgan fingerprint density at radius 3 is 1.41 bits per heavy atom. The standard InChI is InChI=1S/C7H6BrNO2.C7H7NO2.BrO3.Na.H2O/c8-5-6-1-3-7(4-2-6)9(10)11;1-6-2-4-7(5-3-6)8(9)10;2-1(3)4;;/h1-4H,5H2;2-5H,1H3;;;1H2/q;;-1;+1;. The van der Waals surface area contributed by atoms with Gasteiger partial charge in [-0.1, -0.05) is 45.8 Å². The first-order valence-electron chi connectivity index (χ1n) is 6.40. The normalized spacial score (nSPS) is 8.67. The molecule has 0 radical (unpaired) electrons. The van der Waals surface area contributed by atoms with E-state index in [2.05, 4.69) is 15.9 Å². The zero-order valence-corrected chi connectivity index (χ0v) is 19.5. The van der Waals surface area contributed by atoms with Gasteiger partial charge in [0.15, 0.2) is 0 Å². The van der Waals surface area contributed by atoms with E-state index >= 15 is 0 Å². The number of nitro groups is 2. The van der Waals surface area contributed by atoms with Crippen LogP contribution in [-0.4, -0.2) is 15.3 Å². The number of hydrogen-bond donors (Lipinski definition) is 0. The molecule has 0 saturated carbocycles. The second-order valence-corrected chi connectivity index (χ2v) is 5.69. The molecule has 2 aromatic carbocycles. The van der Waals surface area contributed by atoms with Crippen LogP contribution in [0.25, 0.3) is 0 Å². The summed E-state index contributed by atoms with van der Waals surface area (Å²) in [5.41, 5.74) is 2.35. The fourth-order valence-corrected chi connectivity index (χ4v) is 1.75. The number of alkyl halides is 1. The number of halogens is 2. The van der Waals surface area contributed by atoms with E-state index in [1.54, 1.807) is 24.3 Å². The van der Waals surface area contributed by atoms with Gasteiger partial charge >= 0.3 is 29.6 Å². The minimum absolute atomic E-state index is 0. The van der Waals surface area contributed by atoms with Crippen molar-refractivity contribution in [1.82, 2.24) is 0 Å². The van der Waals surface area contributed by atoms with Gasteiger partial charge in [-0.15, -0.1) is 0 Å². The average Bonchev–Trinajstić information content (AvgIpc) is 2.55. The molecule has 2 rings (SSSR count). The molecule has 0 aromatic heterocycles. The number of nitro benzene ring substituents is 2. The molecular weight excluding hydrogens is 507 g/mol. The number of hydrogen-bond acceptors (Lipinski definition) is 7. The molecule has 10 nitrogen and oxygen atoms in total. The largest absolute Gasteiger partial charge is 1.00 e. The summed E-state index contributed by atoms with van der Waals surface area (Å²) in [7, 11) is 0. The van der Waals surface area contributed by atoms with E-state index < -0.39 is 24.7 Å². The Morgan fingerprint density at radius 2 is 1.15 bits per heavy atom. The van der Waals surface area contributed by atoms with Gasteiger partial charge < -0.3 is 18.1 Å². The fourth-order valence-electron chi connectivity index (χ4n) is 1.37. The second kappa shape index (κ2) is 17.2. The predicted octanol–water partition coefficient (Wildman–Crippen LogP) is -2.99. The molecule has 0 fully saturated rings. The summed E-state index contributed by atoms with van der Waals surface area (Å²) < 4.78 is 25.6. The van der Waals surface area contributed by atoms with Crippen LogP contribution in [0.2, 0.25) is 0 Å². The summed E-state index contributed by atoms with van der Waals surface area (Å²) in [6.07, 6.45) is 0. The van der Waals surface area contributed by atoms with Crippen molar-refractivity contribution in [3.8, 4) is 0 Å². The van der Waals surface area contributed by atoms with Crippen molar-refractivity contribution in [2.75, 3.05) is 0 Å². The third kappa shape index (κ3) is 15.8. The number of benzene rings is 2. The molecule has 0 unspecified atom stereocenters. The summed E-state index contributed by atoms with van der Waals surface area (Å²) in [4.78, 5) is 19.5. The zero-order chi connectivity index (χ0) is 19.4. The Kier molecular flexibility index (Phi) is 19.5. The minimum Gasteiger partial charge on any atom is -0.412 e. The van der Waals surface area contributed by atoms with Gasteiger partial charge in [-0.25, -0.2) is 0 Å². The van der Waals surface area contributed by atoms with E-state index in [1.807, 2.05) is 6.92 Å². The first-order chi connectivity index (χ1) is 11.7. The molecule has 13 heteroatoms. The Morgan fingerprint density at radius 1 is 0.852 bits per heavy atom. The fraction of sp³-hybridized carbons (Fsp3) is 0.143. The molecule has 0 aliphatic carbocycles. The Hall–Kier alpha value is -0.960. The van der Waals surface area contributed by atoms with Crippen LogP contribution in [0.1, 0.15) is 11.1 Å². The summed E-state index contributed by atoms with van der Waals surface area (Å²) in [6, 6.07) is 12.9. The summed E-state index contributed by atoms with van der Waals surface area (Å²) in [5, 5.41) is 21.0. The number of non-ortho nitro benzene ring substituents is 2. The van der Waals surface area contributed by atoms with E-state index in [0.29, 0.717) is 0 Å². The maximum atomic E-state index is 10.2. The average molecular weight is 522 g/mol. The summed E-state index contributed by atoms with van der Waals surface area (Å²) in [5.74, 6) is 0. The van der Waals surface area contributed by atoms with Gasteiger partial charge in [0, 0.05) is 29.6 Å². The second-order valence-electron chi connectivity index (χ2n) is 4.34. The van der Waals surface area contributed by atoms with E-state index in [9.17, 15) is 20.2 Å². The SMILES string of the molecule is Cc1ccc([N+](=O)[O-])cc1.O.O=[N+]([O-])c1ccc(CBr)cc1.[Na+].[O-][Br+2]([O-])[O-]. The van der Waals surface area contributed by atoms with Crippen molar-refractivity contribution in [1.29, 1.82) is 0 Å². The monoisotopic (exact) mass is 520 g/mol. The van der Waals surface area contributed by atoms with Gasteiger partial charge in [-0.3, -0.25) is 20.2 Å². The van der Waals surface area contributed by atoms with Crippen LogP contribution in [0.5, 0.6) is 0 Å². The van der Waals surface area contributed by atoms with Crippen molar-refractivity contribution >= 4 is 27.3 Å². The summed E-state index contributed by atoms with van der Waals surface area (Å²) in [6.45, 7) is 1.89. The molecule has 0 atom stereocenters. The number of aryl methyl sites for hydroxylation is 1. The van der Waals surface area contributed by atoms with Crippen molar-refractivity contribution < 1.29 is 72.3 Å². The first-order valence-corrected chi connectivity index (χ1v) is 9.47. The predicted molar refractivity (Wildman–Crippen MR) is 87.2 cm³/mol. The smallest absolute Gasteiger partial charge is 0.412 e. The third-order valence-corrected chi connectivity index (χ3v) is 3.19. The van der Waals surface area contributed by atoms with Gasteiger partial charge in [0.05, 0.1) is 9.85 Å². The first kappa shape index (κ1) is 30.8. The van der Waals surface area contributed by atoms with E-state index in [4.69, 9.17) is 12.6 Å². The van der Waals surface area contributed by atoms with Gasteiger partial charge in [-0.05, 0) is 12.5 Å². The molecule has 2 N–H and O–H groups in total. The summed E-state index contributed by atoms with van der Waals surface area (Å²) >= 11 is -0.397. The van der Waals surface area contributed by atoms with E-state index in [1.165, 1.54) is 24.3 Å². The molecule has 0 aliphatic heterocycles. The molecule has 0 amide bonds. The van der Waals surface area contributed by atoms with Crippen LogP contribution in [0, 0.1) is 42.0 Å². The van der Waals surface area contributed by atoms with E-state index in [-0.39, 0.29) is 46.4 Å². The van der Waals surface area contributed by atoms with Gasteiger partial charge in [0.1, 0.15) is 0 Å². The molecule has 0 bridgehead atoms. The van der Waals surface area contributed by atoms with Crippen LogP contribution in [-0.2, 0) is 5.33 Å². The molecule has 0 heterocycles. The molecular formula is C14H15Br2N2NaO8. The van der Waals surface area contributed by atoms with Crippen LogP contribution in [0.4, 0.5) is 11.4 Å². The molecule has 0 spiro atoms. The number of nitrogens with zero attached hydrogens (tertiary/aromatic N) is 2. The molecule has 2 aromatic rings. The van der Waals surface area contributed by atoms with Gasteiger partial charge in [0.2, 0.25) is 14.8 Å². The van der Waals surface area contributed by atoms with Gasteiger partial charge in [-0.2, -0.15) is 0 Å².